The molecule has 0 aromatic carbocycles. The van der Waals surface area contributed by atoms with Gasteiger partial charge < -0.3 is 14.2 Å². The molecule has 82 heavy (non-hydrogen) atoms. The lowest BCUT2D eigenvalue weighted by Crippen LogP contribution is -2.30. The highest BCUT2D eigenvalue weighted by Gasteiger charge is 2.19. The highest BCUT2D eigenvalue weighted by Crippen LogP contribution is 2.17. The number of rotatable bonds is 62. The summed E-state index contributed by atoms with van der Waals surface area (Å²) in [4.78, 5) is 38.3. The van der Waals surface area contributed by atoms with Gasteiger partial charge >= 0.3 is 17.9 Å². The average molecular weight is 1140 g/mol. The molecular formula is C76H128O6. The molecule has 0 rings (SSSR count). The molecule has 0 heterocycles. The molecule has 468 valence electrons. The van der Waals surface area contributed by atoms with E-state index in [4.69, 9.17) is 14.2 Å². The van der Waals surface area contributed by atoms with E-state index in [1.54, 1.807) is 0 Å². The van der Waals surface area contributed by atoms with Crippen LogP contribution in [0.25, 0.3) is 0 Å². The molecule has 0 aliphatic rings. The first-order valence-electron chi connectivity index (χ1n) is 34.5. The Bertz CT molecular complexity index is 1690. The Labute approximate surface area is 507 Å². The fraction of sp³-hybridized carbons (Fsp3) is 0.697. The zero-order valence-electron chi connectivity index (χ0n) is 53.7. The van der Waals surface area contributed by atoms with E-state index in [0.29, 0.717) is 19.3 Å². The van der Waals surface area contributed by atoms with Gasteiger partial charge in [-0.25, -0.2) is 0 Å². The fourth-order valence-corrected chi connectivity index (χ4v) is 9.62. The number of hydrogen-bond acceptors (Lipinski definition) is 6. The van der Waals surface area contributed by atoms with Gasteiger partial charge in [-0.15, -0.1) is 0 Å². The normalized spacial score (nSPS) is 12.9. The molecule has 0 amide bonds. The van der Waals surface area contributed by atoms with E-state index >= 15 is 0 Å². The van der Waals surface area contributed by atoms with Gasteiger partial charge in [0.05, 0.1) is 0 Å². The van der Waals surface area contributed by atoms with Gasteiger partial charge in [0.25, 0.3) is 0 Å². The molecular weight excluding hydrogens is 1010 g/mol. The van der Waals surface area contributed by atoms with Crippen LogP contribution < -0.4 is 0 Å². The van der Waals surface area contributed by atoms with Crippen LogP contribution in [0.3, 0.4) is 0 Å². The molecule has 6 nitrogen and oxygen atoms in total. The van der Waals surface area contributed by atoms with E-state index in [1.165, 1.54) is 141 Å². The summed E-state index contributed by atoms with van der Waals surface area (Å²) in [5.41, 5.74) is 0. The minimum Gasteiger partial charge on any atom is -0.462 e. The standard InChI is InChI=1S/C76H128O6/c1-4-7-10-13-16-19-22-24-26-28-30-32-33-34-35-36-37-38-39-40-41-42-43-45-46-48-50-52-54-57-60-63-66-69-75(78)81-72-73(71-80-74(77)68-65-62-59-56-21-18-15-12-9-6-3)82-76(79)70-67-64-61-58-55-53-51-49-47-44-31-29-27-25-23-20-17-14-11-8-5-2/h7-8,10-11,16-17,19-20,24-27,30-32,34-35,44,49,51,73H,4-6,9,12-15,18,21-23,28-29,33,36-43,45-48,50,52-72H2,1-3H3/b10-7-,11-8-,19-16-,20-17-,26-24-,27-25-,32-30-,35-34-,44-31-,51-49-. The van der Waals surface area contributed by atoms with Crippen molar-refractivity contribution >= 4 is 17.9 Å². The topological polar surface area (TPSA) is 78.9 Å². The van der Waals surface area contributed by atoms with Crippen LogP contribution in [0.1, 0.15) is 323 Å². The maximum absolute atomic E-state index is 12.9. The molecule has 6 heteroatoms. The zero-order chi connectivity index (χ0) is 59.2. The molecule has 0 bridgehead atoms. The maximum atomic E-state index is 12.9. The molecule has 0 aromatic heterocycles. The van der Waals surface area contributed by atoms with E-state index in [-0.39, 0.29) is 31.1 Å². The number of unbranched alkanes of at least 4 members (excludes halogenated alkanes) is 31. The summed E-state index contributed by atoms with van der Waals surface area (Å²) in [7, 11) is 0. The van der Waals surface area contributed by atoms with Crippen molar-refractivity contribution in [3.63, 3.8) is 0 Å². The van der Waals surface area contributed by atoms with Crippen LogP contribution >= 0.6 is 0 Å². The summed E-state index contributed by atoms with van der Waals surface area (Å²) < 4.78 is 16.9. The highest BCUT2D eigenvalue weighted by molar-refractivity contribution is 5.71. The quantitative estimate of drug-likeness (QED) is 0.0261. The molecule has 1 unspecified atom stereocenters. The van der Waals surface area contributed by atoms with Crippen molar-refractivity contribution in [2.75, 3.05) is 13.2 Å². The van der Waals surface area contributed by atoms with Crippen LogP contribution in [0.2, 0.25) is 0 Å². The van der Waals surface area contributed by atoms with Crippen molar-refractivity contribution in [3.8, 4) is 0 Å². The van der Waals surface area contributed by atoms with Crippen molar-refractivity contribution in [2.24, 2.45) is 0 Å². The lowest BCUT2D eigenvalue weighted by molar-refractivity contribution is -0.167. The molecule has 0 saturated carbocycles. The van der Waals surface area contributed by atoms with Crippen molar-refractivity contribution in [2.45, 2.75) is 329 Å². The van der Waals surface area contributed by atoms with Crippen molar-refractivity contribution in [3.05, 3.63) is 122 Å². The largest absolute Gasteiger partial charge is 0.462 e. The molecule has 0 aliphatic carbocycles. The minimum atomic E-state index is -0.788. The fourth-order valence-electron chi connectivity index (χ4n) is 9.62. The van der Waals surface area contributed by atoms with E-state index in [9.17, 15) is 14.4 Å². The second kappa shape index (κ2) is 69.3. The molecule has 0 fully saturated rings. The molecule has 0 aromatic rings. The lowest BCUT2D eigenvalue weighted by Gasteiger charge is -2.18. The molecule has 0 radical (unpaired) electrons. The van der Waals surface area contributed by atoms with E-state index < -0.39 is 6.10 Å². The maximum Gasteiger partial charge on any atom is 0.306 e. The van der Waals surface area contributed by atoms with Gasteiger partial charge in [0, 0.05) is 19.3 Å². The zero-order valence-corrected chi connectivity index (χ0v) is 53.7. The van der Waals surface area contributed by atoms with Crippen LogP contribution in [0.15, 0.2) is 122 Å². The van der Waals surface area contributed by atoms with Crippen molar-refractivity contribution in [1.82, 2.24) is 0 Å². The Balaban J connectivity index is 4.17. The van der Waals surface area contributed by atoms with Gasteiger partial charge in [0.1, 0.15) is 13.2 Å². The molecule has 1 atom stereocenters. The lowest BCUT2D eigenvalue weighted by atomic mass is 10.0. The smallest absolute Gasteiger partial charge is 0.306 e. The first-order valence-corrected chi connectivity index (χ1v) is 34.5. The van der Waals surface area contributed by atoms with Crippen molar-refractivity contribution < 1.29 is 28.6 Å². The number of carbonyl (C=O) groups excluding carboxylic acids is 3. The first kappa shape index (κ1) is 77.8. The van der Waals surface area contributed by atoms with Gasteiger partial charge in [-0.2, -0.15) is 0 Å². The van der Waals surface area contributed by atoms with E-state index in [2.05, 4.69) is 142 Å². The Morgan fingerprint density at radius 2 is 0.476 bits per heavy atom. The predicted molar refractivity (Wildman–Crippen MR) is 357 cm³/mol. The third-order valence-electron chi connectivity index (χ3n) is 14.7. The average Bonchev–Trinajstić information content (AvgIpc) is 3.48. The number of ether oxygens (including phenoxy) is 3. The van der Waals surface area contributed by atoms with Crippen LogP contribution in [0.4, 0.5) is 0 Å². The van der Waals surface area contributed by atoms with Gasteiger partial charge in [0.15, 0.2) is 6.10 Å². The Morgan fingerprint density at radius 1 is 0.256 bits per heavy atom. The Kier molecular flexibility index (Phi) is 65.8. The second-order valence-corrected chi connectivity index (χ2v) is 22.7. The molecule has 0 saturated heterocycles. The summed E-state index contributed by atoms with van der Waals surface area (Å²) in [6, 6.07) is 0. The number of allylic oxidation sites excluding steroid dienone is 20. The summed E-state index contributed by atoms with van der Waals surface area (Å²) in [5, 5.41) is 0. The second-order valence-electron chi connectivity index (χ2n) is 22.7. The van der Waals surface area contributed by atoms with Crippen LogP contribution in [-0.2, 0) is 28.6 Å². The first-order chi connectivity index (χ1) is 40.5. The van der Waals surface area contributed by atoms with Gasteiger partial charge in [-0.05, 0) is 109 Å². The third kappa shape index (κ3) is 66.6. The van der Waals surface area contributed by atoms with E-state index in [1.807, 2.05) is 0 Å². The summed E-state index contributed by atoms with van der Waals surface area (Å²) >= 11 is 0. The summed E-state index contributed by atoms with van der Waals surface area (Å²) in [5.74, 6) is -0.894. The Morgan fingerprint density at radius 3 is 0.744 bits per heavy atom. The molecule has 0 spiro atoms. The predicted octanol–water partition coefficient (Wildman–Crippen LogP) is 23.9. The highest BCUT2D eigenvalue weighted by atomic mass is 16.6. The number of esters is 3. The number of hydrogen-bond donors (Lipinski definition) is 0. The Hall–Kier alpha value is -4.19. The van der Waals surface area contributed by atoms with Gasteiger partial charge in [-0.1, -0.05) is 316 Å². The monoisotopic (exact) mass is 1140 g/mol. The summed E-state index contributed by atoms with van der Waals surface area (Å²) in [6.07, 6.45) is 96.6. The summed E-state index contributed by atoms with van der Waals surface area (Å²) in [6.45, 7) is 6.41. The molecule has 0 aliphatic heterocycles. The molecule has 0 N–H and O–H groups in total. The van der Waals surface area contributed by atoms with Crippen molar-refractivity contribution in [1.29, 1.82) is 0 Å². The van der Waals surface area contributed by atoms with E-state index in [0.717, 1.165) is 141 Å². The van der Waals surface area contributed by atoms with Crippen LogP contribution in [-0.4, -0.2) is 37.2 Å². The van der Waals surface area contributed by atoms with Gasteiger partial charge in [0.2, 0.25) is 0 Å². The third-order valence-corrected chi connectivity index (χ3v) is 14.7. The minimum absolute atomic E-state index is 0.0836. The van der Waals surface area contributed by atoms with Crippen LogP contribution in [0.5, 0.6) is 0 Å². The van der Waals surface area contributed by atoms with Gasteiger partial charge in [-0.3, -0.25) is 14.4 Å². The SMILES string of the molecule is CC/C=C\C/C=C\C/C=C\C/C=C\C/C=C\CCCCCCCCCCCCCCCCCCCC(=O)OCC(COC(=O)CCCCCCCCCCCC)OC(=O)CCCCCCC/C=C\C/C=C\C/C=C\C/C=C\C/C=C\CC. The van der Waals surface area contributed by atoms with Crippen LogP contribution in [0, 0.1) is 0 Å². The number of carbonyl (C=O) groups is 3.